The lowest BCUT2D eigenvalue weighted by Gasteiger charge is -2.16. The Morgan fingerprint density at radius 3 is 3.11 bits per heavy atom. The van der Waals surface area contributed by atoms with Crippen LogP contribution in [0.15, 0.2) is 37.3 Å². The fourth-order valence-corrected chi connectivity index (χ4v) is 3.09. The van der Waals surface area contributed by atoms with E-state index in [-0.39, 0.29) is 24.9 Å². The van der Waals surface area contributed by atoms with E-state index in [1.807, 2.05) is 13.1 Å². The summed E-state index contributed by atoms with van der Waals surface area (Å²) in [5, 5.41) is 7.91. The molecule has 146 valence electrons. The summed E-state index contributed by atoms with van der Waals surface area (Å²) < 4.78 is 22.0. The molecule has 0 radical (unpaired) electrons. The van der Waals surface area contributed by atoms with E-state index in [2.05, 4.69) is 31.9 Å². The number of hydrogen-bond donors (Lipinski definition) is 2. The van der Waals surface area contributed by atoms with Crippen molar-refractivity contribution in [3.63, 3.8) is 0 Å². The van der Waals surface area contributed by atoms with Gasteiger partial charge in [-0.25, -0.2) is 4.39 Å². The van der Waals surface area contributed by atoms with Gasteiger partial charge < -0.3 is 19.9 Å². The predicted octanol–water partition coefficient (Wildman–Crippen LogP) is 2.03. The first kappa shape index (κ1) is 18.0. The largest absolute Gasteiger partial charge is 0.469 e. The number of aromatic amines is 1. The number of carbonyl (C=O) groups excluding carboxylic acids is 1. The van der Waals surface area contributed by atoms with Gasteiger partial charge in [-0.15, -0.1) is 0 Å². The van der Waals surface area contributed by atoms with Gasteiger partial charge in [0, 0.05) is 18.9 Å². The summed E-state index contributed by atoms with van der Waals surface area (Å²) in [5.41, 5.74) is 1.29. The van der Waals surface area contributed by atoms with Crippen molar-refractivity contribution in [2.75, 3.05) is 18.4 Å². The third-order valence-corrected chi connectivity index (χ3v) is 4.54. The molecule has 4 rings (SSSR count). The van der Waals surface area contributed by atoms with Gasteiger partial charge in [0.2, 0.25) is 17.7 Å². The van der Waals surface area contributed by atoms with Crippen molar-refractivity contribution in [2.45, 2.75) is 25.7 Å². The number of hydrogen-bond acceptors (Lipinski definition) is 6. The molecule has 0 spiro atoms. The van der Waals surface area contributed by atoms with Crippen molar-refractivity contribution in [1.29, 1.82) is 0 Å². The number of likely N-dealkylation sites (tertiary alicyclic amines) is 1. The molecule has 3 aromatic rings. The minimum Gasteiger partial charge on any atom is -0.469 e. The number of ether oxygens (including phenoxy) is 1. The Morgan fingerprint density at radius 1 is 1.50 bits per heavy atom. The van der Waals surface area contributed by atoms with Crippen molar-refractivity contribution in [3.8, 4) is 5.88 Å². The molecule has 2 N–H and O–H groups in total. The first-order valence-corrected chi connectivity index (χ1v) is 8.94. The zero-order chi connectivity index (χ0) is 19.7. The highest BCUT2D eigenvalue weighted by atomic mass is 19.1. The lowest BCUT2D eigenvalue weighted by molar-refractivity contribution is -0.125. The van der Waals surface area contributed by atoms with Crippen LogP contribution in [-0.2, 0) is 11.3 Å². The smallest absolute Gasteiger partial charge is 0.246 e. The number of anilines is 2. The third-order valence-electron chi connectivity index (χ3n) is 4.54. The van der Waals surface area contributed by atoms with Crippen LogP contribution in [0.1, 0.15) is 6.92 Å². The molecule has 0 aliphatic carbocycles. The van der Waals surface area contributed by atoms with Crippen LogP contribution in [0.4, 0.5) is 16.0 Å². The van der Waals surface area contributed by atoms with Gasteiger partial charge in [0.25, 0.3) is 0 Å². The normalized spacial score (nSPS) is 19.1. The number of aryl methyl sites for hydroxylation is 1. The molecule has 3 aromatic heterocycles. The molecule has 10 heteroatoms. The van der Waals surface area contributed by atoms with E-state index >= 15 is 0 Å². The predicted molar refractivity (Wildman–Crippen MR) is 101 cm³/mol. The van der Waals surface area contributed by atoms with Gasteiger partial charge in [-0.1, -0.05) is 6.58 Å². The average molecular weight is 385 g/mol. The number of amides is 1. The van der Waals surface area contributed by atoms with Crippen LogP contribution in [-0.4, -0.2) is 60.9 Å². The van der Waals surface area contributed by atoms with Crippen LogP contribution in [0.25, 0.3) is 11.0 Å². The molecule has 1 aliphatic rings. The second kappa shape index (κ2) is 7.29. The molecule has 2 atom stereocenters. The molecule has 1 amide bonds. The average Bonchev–Trinajstić information content (AvgIpc) is 3.42. The molecule has 28 heavy (non-hydrogen) atoms. The van der Waals surface area contributed by atoms with Crippen molar-refractivity contribution in [3.05, 3.63) is 37.3 Å². The van der Waals surface area contributed by atoms with Gasteiger partial charge in [-0.2, -0.15) is 15.1 Å². The molecule has 0 saturated carbocycles. The van der Waals surface area contributed by atoms with Crippen molar-refractivity contribution < 1.29 is 13.9 Å². The van der Waals surface area contributed by atoms with E-state index in [1.165, 1.54) is 11.0 Å². The molecule has 4 heterocycles. The van der Waals surface area contributed by atoms with Crippen LogP contribution < -0.4 is 10.1 Å². The van der Waals surface area contributed by atoms with E-state index in [0.29, 0.717) is 17.0 Å². The maximum Gasteiger partial charge on any atom is 0.246 e. The fraction of sp³-hybridized carbons (Fsp3) is 0.333. The zero-order valence-corrected chi connectivity index (χ0v) is 15.3. The Morgan fingerprint density at radius 2 is 2.36 bits per heavy atom. The summed E-state index contributed by atoms with van der Waals surface area (Å²) >= 11 is 0. The number of alkyl halides is 1. The summed E-state index contributed by atoms with van der Waals surface area (Å²) in [6, 6.07) is 1.76. The maximum absolute atomic E-state index is 14.4. The number of rotatable bonds is 6. The summed E-state index contributed by atoms with van der Waals surface area (Å²) in [6.45, 7) is 6.27. The van der Waals surface area contributed by atoms with Gasteiger partial charge in [0.1, 0.15) is 5.65 Å². The highest BCUT2D eigenvalue weighted by Crippen LogP contribution is 2.28. The van der Waals surface area contributed by atoms with Crippen LogP contribution in [0.3, 0.4) is 0 Å². The van der Waals surface area contributed by atoms with E-state index < -0.39 is 12.3 Å². The minimum atomic E-state index is -1.31. The highest BCUT2D eigenvalue weighted by molar-refractivity contribution is 5.87. The van der Waals surface area contributed by atoms with Crippen molar-refractivity contribution in [1.82, 2.24) is 29.6 Å². The number of nitrogens with zero attached hydrogens (tertiary/aromatic N) is 5. The minimum absolute atomic E-state index is 0.0296. The lowest BCUT2D eigenvalue weighted by atomic mass is 10.3. The Labute approximate surface area is 160 Å². The highest BCUT2D eigenvalue weighted by Gasteiger charge is 2.37. The van der Waals surface area contributed by atoms with Crippen molar-refractivity contribution >= 4 is 28.6 Å². The quantitative estimate of drug-likeness (QED) is 0.630. The summed E-state index contributed by atoms with van der Waals surface area (Å²) in [5.74, 6) is 0.226. The Hall–Kier alpha value is -3.43. The van der Waals surface area contributed by atoms with Gasteiger partial charge in [-0.3, -0.25) is 9.48 Å². The van der Waals surface area contributed by atoms with Crippen LogP contribution in [0, 0.1) is 0 Å². The van der Waals surface area contributed by atoms with E-state index in [4.69, 9.17) is 4.74 Å². The number of H-pyrrole nitrogens is 1. The molecule has 1 saturated heterocycles. The second-order valence-corrected chi connectivity index (χ2v) is 6.42. The van der Waals surface area contributed by atoms with Crippen LogP contribution >= 0.6 is 0 Å². The molecule has 0 aromatic carbocycles. The van der Waals surface area contributed by atoms with Crippen LogP contribution in [0.5, 0.6) is 5.88 Å². The number of carbonyl (C=O) groups is 1. The Kier molecular flexibility index (Phi) is 4.68. The zero-order valence-electron chi connectivity index (χ0n) is 15.3. The van der Waals surface area contributed by atoms with Crippen LogP contribution in [0.2, 0.25) is 0 Å². The third kappa shape index (κ3) is 3.40. The summed E-state index contributed by atoms with van der Waals surface area (Å²) in [6.07, 6.45) is 4.25. The topological polar surface area (TPSA) is 101 Å². The molecule has 0 bridgehead atoms. The van der Waals surface area contributed by atoms with Gasteiger partial charge in [0.05, 0.1) is 30.4 Å². The van der Waals surface area contributed by atoms with Gasteiger partial charge in [0.15, 0.2) is 12.3 Å². The maximum atomic E-state index is 14.4. The molecular weight excluding hydrogens is 365 g/mol. The SMILES string of the molecule is C=CC(=O)N1C[C@@H](F)[C@H](Oc2nc(Nc3cnn(CC)c3)nc3[nH]ccc23)C1. The second-order valence-electron chi connectivity index (χ2n) is 6.42. The van der Waals surface area contributed by atoms with E-state index in [0.717, 1.165) is 12.2 Å². The Bertz CT molecular complexity index is 1010. The number of nitrogens with one attached hydrogen (secondary N) is 2. The fourth-order valence-electron chi connectivity index (χ4n) is 3.09. The molecule has 0 unspecified atom stereocenters. The van der Waals surface area contributed by atoms with E-state index in [9.17, 15) is 9.18 Å². The molecular formula is C18H20FN7O2. The Balaban J connectivity index is 1.58. The standard InChI is InChI=1S/C18H20FN7O2/c1-3-15(27)25-9-13(19)14(10-25)28-17-12-5-6-20-16(12)23-18(24-17)22-11-7-21-26(4-2)8-11/h3,5-8,13-14H,1,4,9-10H2,2H3,(H2,20,22,23,24)/t13-,14-/m1/s1. The first-order valence-electron chi connectivity index (χ1n) is 8.94. The van der Waals surface area contributed by atoms with Crippen molar-refractivity contribution in [2.24, 2.45) is 0 Å². The number of halogens is 1. The van der Waals surface area contributed by atoms with Gasteiger partial charge >= 0.3 is 0 Å². The summed E-state index contributed by atoms with van der Waals surface area (Å²) in [4.78, 5) is 24.9. The molecule has 1 aliphatic heterocycles. The van der Waals surface area contributed by atoms with Gasteiger partial charge in [-0.05, 0) is 19.1 Å². The molecule has 9 nitrogen and oxygen atoms in total. The monoisotopic (exact) mass is 385 g/mol. The number of fused-ring (bicyclic) bond motifs is 1. The number of aromatic nitrogens is 5. The lowest BCUT2D eigenvalue weighted by Crippen LogP contribution is -2.30. The summed E-state index contributed by atoms with van der Waals surface area (Å²) in [7, 11) is 0. The van der Waals surface area contributed by atoms with E-state index in [1.54, 1.807) is 23.1 Å². The first-order chi connectivity index (χ1) is 13.6. The molecule has 1 fully saturated rings.